The molecule has 2 aromatic carbocycles. The summed E-state index contributed by atoms with van der Waals surface area (Å²) < 4.78 is 15.6. The van der Waals surface area contributed by atoms with E-state index in [4.69, 9.17) is 0 Å². The van der Waals surface area contributed by atoms with Gasteiger partial charge in [0.05, 0.1) is 4.92 Å². The summed E-state index contributed by atoms with van der Waals surface area (Å²) in [5.41, 5.74) is 0.773. The summed E-state index contributed by atoms with van der Waals surface area (Å²) in [5, 5.41) is 14.7. The zero-order valence-corrected chi connectivity index (χ0v) is 19.3. The number of carbonyl (C=O) groups is 2. The van der Waals surface area contributed by atoms with E-state index in [0.29, 0.717) is 43.3 Å². The third-order valence-electron chi connectivity index (χ3n) is 6.07. The summed E-state index contributed by atoms with van der Waals surface area (Å²) in [4.78, 5) is 43.9. The number of halogens is 1. The van der Waals surface area contributed by atoms with Gasteiger partial charge in [-0.25, -0.2) is 9.37 Å². The lowest BCUT2D eigenvalue weighted by Gasteiger charge is -2.35. The van der Waals surface area contributed by atoms with E-state index in [2.05, 4.69) is 10.3 Å². The molecule has 1 aromatic heterocycles. The van der Waals surface area contributed by atoms with Crippen molar-refractivity contribution in [1.82, 2.24) is 19.8 Å². The fraction of sp³-hybridized carbons (Fsp3) is 0.292. The maximum atomic E-state index is 13.9. The zero-order chi connectivity index (χ0) is 25.1. The van der Waals surface area contributed by atoms with Crippen LogP contribution in [0.3, 0.4) is 0 Å². The summed E-state index contributed by atoms with van der Waals surface area (Å²) in [6.07, 6.45) is 3.28. The quantitative estimate of drug-likeness (QED) is 0.429. The van der Waals surface area contributed by atoms with Gasteiger partial charge in [0.25, 0.3) is 11.6 Å². The summed E-state index contributed by atoms with van der Waals surface area (Å²) in [5.74, 6) is -0.565. The smallest absolute Gasteiger partial charge is 0.293 e. The van der Waals surface area contributed by atoms with Crippen molar-refractivity contribution in [1.29, 1.82) is 0 Å². The van der Waals surface area contributed by atoms with Crippen LogP contribution in [0.1, 0.15) is 34.7 Å². The number of imidazole rings is 1. The summed E-state index contributed by atoms with van der Waals surface area (Å²) in [6.45, 7) is 3.33. The average molecular weight is 481 g/mol. The Bertz CT molecular complexity index is 1270. The number of carbonyl (C=O) groups excluding carboxylic acids is 2. The highest BCUT2D eigenvalue weighted by molar-refractivity contribution is 5.96. The van der Waals surface area contributed by atoms with Gasteiger partial charge in [0.2, 0.25) is 5.91 Å². The van der Waals surface area contributed by atoms with Gasteiger partial charge in [-0.2, -0.15) is 0 Å². The molecular formula is C24H25FN6O4. The molecule has 182 valence electrons. The summed E-state index contributed by atoms with van der Waals surface area (Å²) in [7, 11) is 1.76. The van der Waals surface area contributed by atoms with Crippen LogP contribution in [-0.2, 0) is 11.8 Å². The topological polar surface area (TPSA) is 114 Å². The number of nitrogens with zero attached hydrogens (tertiary/aromatic N) is 5. The van der Waals surface area contributed by atoms with Gasteiger partial charge in [-0.1, -0.05) is 12.1 Å². The minimum Gasteiger partial charge on any atom is -0.362 e. The molecule has 1 atom stereocenters. The molecule has 0 saturated carbocycles. The molecule has 0 aliphatic carbocycles. The van der Waals surface area contributed by atoms with E-state index in [1.165, 1.54) is 37.3 Å². The second-order valence-corrected chi connectivity index (χ2v) is 8.31. The number of benzene rings is 2. The van der Waals surface area contributed by atoms with E-state index in [0.717, 1.165) is 0 Å². The highest BCUT2D eigenvalue weighted by Gasteiger charge is 2.27. The number of hydrogen-bond acceptors (Lipinski definition) is 6. The number of anilines is 1. The summed E-state index contributed by atoms with van der Waals surface area (Å²) >= 11 is 0. The largest absolute Gasteiger partial charge is 0.362 e. The molecule has 0 bridgehead atoms. The molecule has 1 N–H and O–H groups in total. The molecular weight excluding hydrogens is 455 g/mol. The molecule has 2 amide bonds. The van der Waals surface area contributed by atoms with E-state index in [9.17, 15) is 24.1 Å². The SMILES string of the molecule is CC(=O)N1CCN(c2ccc(C(=O)NC(c3cccc(F)c3)c3nccn3C)cc2[N+](=O)[O-])CC1. The second-order valence-electron chi connectivity index (χ2n) is 8.31. The van der Waals surface area contributed by atoms with E-state index >= 15 is 0 Å². The molecule has 1 fully saturated rings. The van der Waals surface area contributed by atoms with Crippen molar-refractivity contribution in [2.75, 3.05) is 31.1 Å². The fourth-order valence-corrected chi connectivity index (χ4v) is 4.19. The number of nitrogens with one attached hydrogen (secondary N) is 1. The van der Waals surface area contributed by atoms with Crippen LogP contribution >= 0.6 is 0 Å². The van der Waals surface area contributed by atoms with Crippen LogP contribution in [0.25, 0.3) is 0 Å². The van der Waals surface area contributed by atoms with E-state index in [1.54, 1.807) is 41.0 Å². The normalized spacial score (nSPS) is 14.5. The molecule has 4 rings (SSSR count). The highest BCUT2D eigenvalue weighted by atomic mass is 19.1. The molecule has 10 nitrogen and oxygen atoms in total. The molecule has 1 aliphatic heterocycles. The molecule has 2 heterocycles. The van der Waals surface area contributed by atoms with Gasteiger partial charge in [-0.05, 0) is 29.8 Å². The van der Waals surface area contributed by atoms with Crippen molar-refractivity contribution < 1.29 is 18.9 Å². The third-order valence-corrected chi connectivity index (χ3v) is 6.07. The lowest BCUT2D eigenvalue weighted by molar-refractivity contribution is -0.384. The maximum absolute atomic E-state index is 13.9. The Labute approximate surface area is 201 Å². The number of piperazine rings is 1. The van der Waals surface area contributed by atoms with Crippen LogP contribution in [-0.4, -0.2) is 57.4 Å². The Morgan fingerprint density at radius 1 is 1.14 bits per heavy atom. The molecule has 1 unspecified atom stereocenters. The number of nitro groups is 1. The number of hydrogen-bond donors (Lipinski definition) is 1. The van der Waals surface area contributed by atoms with Gasteiger partial charge < -0.3 is 19.7 Å². The standard InChI is InChI=1S/C24H25FN6O4/c1-16(32)29-10-12-30(13-11-29)20-7-6-18(15-21(20)31(34)35)24(33)27-22(23-26-8-9-28(23)2)17-4-3-5-19(25)14-17/h3-9,14-15,22H,10-13H2,1-2H3,(H,27,33). The molecule has 1 saturated heterocycles. The first-order chi connectivity index (χ1) is 16.7. The van der Waals surface area contributed by atoms with Crippen LogP contribution in [0.4, 0.5) is 15.8 Å². The number of rotatable bonds is 6. The van der Waals surface area contributed by atoms with Gasteiger partial charge in [-0.15, -0.1) is 0 Å². The third kappa shape index (κ3) is 5.13. The Morgan fingerprint density at radius 3 is 2.49 bits per heavy atom. The zero-order valence-electron chi connectivity index (χ0n) is 19.3. The van der Waals surface area contributed by atoms with Crippen molar-refractivity contribution in [2.45, 2.75) is 13.0 Å². The first-order valence-corrected chi connectivity index (χ1v) is 11.1. The van der Waals surface area contributed by atoms with Crippen molar-refractivity contribution in [2.24, 2.45) is 7.05 Å². The van der Waals surface area contributed by atoms with Crippen molar-refractivity contribution in [3.63, 3.8) is 0 Å². The van der Waals surface area contributed by atoms with E-state index in [-0.39, 0.29) is 17.2 Å². The van der Waals surface area contributed by atoms with E-state index < -0.39 is 22.7 Å². The first-order valence-electron chi connectivity index (χ1n) is 11.1. The van der Waals surface area contributed by atoms with Crippen LogP contribution in [0.15, 0.2) is 54.9 Å². The Balaban J connectivity index is 1.61. The lowest BCUT2D eigenvalue weighted by Crippen LogP contribution is -2.48. The van der Waals surface area contributed by atoms with Crippen LogP contribution in [0, 0.1) is 15.9 Å². The molecule has 3 aromatic rings. The number of amides is 2. The molecule has 11 heteroatoms. The van der Waals surface area contributed by atoms with Crippen molar-refractivity contribution in [3.8, 4) is 0 Å². The van der Waals surface area contributed by atoms with Crippen LogP contribution in [0.2, 0.25) is 0 Å². The van der Waals surface area contributed by atoms with Gasteiger partial charge >= 0.3 is 0 Å². The Morgan fingerprint density at radius 2 is 1.89 bits per heavy atom. The number of aryl methyl sites for hydroxylation is 1. The molecule has 35 heavy (non-hydrogen) atoms. The van der Waals surface area contributed by atoms with Crippen molar-refractivity contribution in [3.05, 3.63) is 87.7 Å². The predicted octanol–water partition coefficient (Wildman–Crippen LogP) is 2.66. The summed E-state index contributed by atoms with van der Waals surface area (Å²) in [6, 6.07) is 9.38. The van der Waals surface area contributed by atoms with Crippen molar-refractivity contribution >= 4 is 23.2 Å². The minimum absolute atomic E-state index is 0.0354. The molecule has 1 aliphatic rings. The maximum Gasteiger partial charge on any atom is 0.293 e. The predicted molar refractivity (Wildman–Crippen MR) is 126 cm³/mol. The van der Waals surface area contributed by atoms with Gasteiger partial charge in [-0.3, -0.25) is 19.7 Å². The molecule has 0 spiro atoms. The monoisotopic (exact) mass is 480 g/mol. The minimum atomic E-state index is -0.767. The van der Waals surface area contributed by atoms with Gasteiger partial charge in [0.1, 0.15) is 23.4 Å². The fourth-order valence-electron chi connectivity index (χ4n) is 4.19. The Kier molecular flexibility index (Phi) is 6.76. The van der Waals surface area contributed by atoms with Crippen LogP contribution in [0.5, 0.6) is 0 Å². The van der Waals surface area contributed by atoms with Gasteiger partial charge in [0, 0.05) is 64.2 Å². The number of nitro benzene ring substituents is 1. The van der Waals surface area contributed by atoms with Crippen LogP contribution < -0.4 is 10.2 Å². The highest BCUT2D eigenvalue weighted by Crippen LogP contribution is 2.31. The number of aromatic nitrogens is 2. The van der Waals surface area contributed by atoms with Gasteiger partial charge in [0.15, 0.2) is 0 Å². The Hall–Kier alpha value is -4.28. The molecule has 0 radical (unpaired) electrons. The second kappa shape index (κ2) is 9.92. The lowest BCUT2D eigenvalue weighted by atomic mass is 10.0. The first kappa shape index (κ1) is 23.9. The van der Waals surface area contributed by atoms with E-state index in [1.807, 2.05) is 4.90 Å². The average Bonchev–Trinajstić information content (AvgIpc) is 3.27.